The predicted molar refractivity (Wildman–Crippen MR) is 117 cm³/mol. The van der Waals surface area contributed by atoms with E-state index in [-0.39, 0.29) is 23.5 Å². The number of para-hydroxylation sites is 1. The Hall–Kier alpha value is -2.73. The molecule has 1 fully saturated rings. The number of piperidine rings is 1. The number of hydrogen-bond donors (Lipinski definition) is 2. The zero-order valence-electron chi connectivity index (χ0n) is 17.5. The molecule has 2 amide bonds. The summed E-state index contributed by atoms with van der Waals surface area (Å²) in [6.45, 7) is 4.95. The molecule has 1 aliphatic heterocycles. The van der Waals surface area contributed by atoms with E-state index in [0.717, 1.165) is 37.8 Å². The minimum atomic E-state index is -0.243. The number of amides is 2. The fourth-order valence-electron chi connectivity index (χ4n) is 3.76. The lowest BCUT2D eigenvalue weighted by atomic mass is 9.96. The Balaban J connectivity index is 1.60. The average molecular weight is 412 g/mol. The van der Waals surface area contributed by atoms with E-state index in [0.29, 0.717) is 30.9 Å². The molecular formula is C24H30FN3O2. The highest BCUT2D eigenvalue weighted by Crippen LogP contribution is 2.22. The maximum atomic E-state index is 13.1. The van der Waals surface area contributed by atoms with Gasteiger partial charge in [0.25, 0.3) is 5.91 Å². The van der Waals surface area contributed by atoms with E-state index in [4.69, 9.17) is 0 Å². The molecule has 0 aliphatic carbocycles. The molecule has 0 saturated carbocycles. The molecule has 30 heavy (non-hydrogen) atoms. The normalized spacial score (nSPS) is 16.8. The summed E-state index contributed by atoms with van der Waals surface area (Å²) in [5.41, 5.74) is 2.07. The van der Waals surface area contributed by atoms with Crippen LogP contribution in [0.15, 0.2) is 48.5 Å². The molecule has 1 heterocycles. The molecule has 1 saturated heterocycles. The number of benzene rings is 2. The summed E-state index contributed by atoms with van der Waals surface area (Å²) in [7, 11) is 0. The number of carbonyl (C=O) groups excluding carboxylic acids is 2. The first-order chi connectivity index (χ1) is 14.6. The molecule has 0 bridgehead atoms. The quantitative estimate of drug-likeness (QED) is 0.640. The maximum absolute atomic E-state index is 13.1. The highest BCUT2D eigenvalue weighted by Gasteiger charge is 2.26. The molecule has 0 aromatic heterocycles. The van der Waals surface area contributed by atoms with Crippen LogP contribution >= 0.6 is 0 Å². The van der Waals surface area contributed by atoms with E-state index in [9.17, 15) is 14.0 Å². The van der Waals surface area contributed by atoms with Crippen molar-refractivity contribution in [3.8, 4) is 0 Å². The molecule has 1 aliphatic rings. The Morgan fingerprint density at radius 3 is 2.67 bits per heavy atom. The van der Waals surface area contributed by atoms with Crippen LogP contribution < -0.4 is 10.6 Å². The molecule has 0 unspecified atom stereocenters. The van der Waals surface area contributed by atoms with Crippen LogP contribution in [0.3, 0.4) is 0 Å². The van der Waals surface area contributed by atoms with Crippen molar-refractivity contribution in [2.75, 3.05) is 25.0 Å². The SMILES string of the molecule is CCCCNC(=O)c1ccccc1NC(=O)[C@H]1CCCN(Cc2ccc(F)cc2)C1. The minimum Gasteiger partial charge on any atom is -0.352 e. The summed E-state index contributed by atoms with van der Waals surface area (Å²) in [4.78, 5) is 27.6. The molecule has 3 rings (SSSR count). The molecule has 6 heteroatoms. The highest BCUT2D eigenvalue weighted by atomic mass is 19.1. The molecule has 0 radical (unpaired) electrons. The van der Waals surface area contributed by atoms with Gasteiger partial charge in [0.2, 0.25) is 5.91 Å². The number of carbonyl (C=O) groups is 2. The van der Waals surface area contributed by atoms with Crippen LogP contribution in [0.1, 0.15) is 48.5 Å². The van der Waals surface area contributed by atoms with Gasteiger partial charge in [-0.05, 0) is 55.6 Å². The van der Waals surface area contributed by atoms with Crippen molar-refractivity contribution in [2.45, 2.75) is 39.2 Å². The van der Waals surface area contributed by atoms with Gasteiger partial charge in [-0.3, -0.25) is 14.5 Å². The topological polar surface area (TPSA) is 61.4 Å². The van der Waals surface area contributed by atoms with Crippen LogP contribution in [0.4, 0.5) is 10.1 Å². The van der Waals surface area contributed by atoms with Gasteiger partial charge in [-0.25, -0.2) is 4.39 Å². The second kappa shape index (κ2) is 10.9. The van der Waals surface area contributed by atoms with Crippen molar-refractivity contribution in [2.24, 2.45) is 5.92 Å². The van der Waals surface area contributed by atoms with Crippen LogP contribution in [-0.2, 0) is 11.3 Å². The van der Waals surface area contributed by atoms with Gasteiger partial charge in [0.05, 0.1) is 17.2 Å². The van der Waals surface area contributed by atoms with Gasteiger partial charge in [0.1, 0.15) is 5.82 Å². The van der Waals surface area contributed by atoms with Gasteiger partial charge in [0, 0.05) is 19.6 Å². The lowest BCUT2D eigenvalue weighted by Crippen LogP contribution is -2.40. The molecule has 2 N–H and O–H groups in total. The lowest BCUT2D eigenvalue weighted by Gasteiger charge is -2.32. The van der Waals surface area contributed by atoms with Crippen molar-refractivity contribution in [3.05, 3.63) is 65.5 Å². The first-order valence-electron chi connectivity index (χ1n) is 10.7. The molecular weight excluding hydrogens is 381 g/mol. The Morgan fingerprint density at radius 2 is 1.90 bits per heavy atom. The Morgan fingerprint density at radius 1 is 1.13 bits per heavy atom. The van der Waals surface area contributed by atoms with Crippen molar-refractivity contribution in [1.29, 1.82) is 0 Å². The Bertz CT molecular complexity index is 854. The summed E-state index contributed by atoms with van der Waals surface area (Å²) in [6.07, 6.45) is 3.68. The molecule has 160 valence electrons. The first kappa shape index (κ1) is 22.0. The third kappa shape index (κ3) is 6.13. The van der Waals surface area contributed by atoms with Gasteiger partial charge < -0.3 is 10.6 Å². The van der Waals surface area contributed by atoms with Gasteiger partial charge >= 0.3 is 0 Å². The summed E-state index contributed by atoms with van der Waals surface area (Å²) in [5, 5.41) is 5.87. The lowest BCUT2D eigenvalue weighted by molar-refractivity contribution is -0.121. The smallest absolute Gasteiger partial charge is 0.253 e. The van der Waals surface area contributed by atoms with Crippen LogP contribution in [0.2, 0.25) is 0 Å². The number of nitrogens with one attached hydrogen (secondary N) is 2. The number of rotatable bonds is 8. The minimum absolute atomic E-state index is 0.0624. The second-order valence-electron chi connectivity index (χ2n) is 7.85. The van der Waals surface area contributed by atoms with E-state index in [1.165, 1.54) is 12.1 Å². The molecule has 5 nitrogen and oxygen atoms in total. The predicted octanol–water partition coefficient (Wildman–Crippen LogP) is 4.21. The Kier molecular flexibility index (Phi) is 7.97. The monoisotopic (exact) mass is 411 g/mol. The van der Waals surface area contributed by atoms with Gasteiger partial charge in [-0.2, -0.15) is 0 Å². The van der Waals surface area contributed by atoms with Crippen LogP contribution in [0, 0.1) is 11.7 Å². The van der Waals surface area contributed by atoms with Crippen molar-refractivity contribution in [3.63, 3.8) is 0 Å². The number of halogens is 1. The van der Waals surface area contributed by atoms with E-state index < -0.39 is 0 Å². The standard InChI is InChI=1S/C24H30FN3O2/c1-2-3-14-26-24(30)21-8-4-5-9-22(21)27-23(29)19-7-6-15-28(17-19)16-18-10-12-20(25)13-11-18/h4-5,8-13,19H,2-3,6-7,14-17H2,1H3,(H,26,30)(H,27,29)/t19-/m0/s1. The van der Waals surface area contributed by atoms with Crippen molar-refractivity contribution in [1.82, 2.24) is 10.2 Å². The third-order valence-electron chi connectivity index (χ3n) is 5.44. The maximum Gasteiger partial charge on any atom is 0.253 e. The summed E-state index contributed by atoms with van der Waals surface area (Å²) in [5.74, 6) is -0.615. The van der Waals surface area contributed by atoms with Gasteiger partial charge in [-0.15, -0.1) is 0 Å². The van der Waals surface area contributed by atoms with E-state index >= 15 is 0 Å². The largest absolute Gasteiger partial charge is 0.352 e. The average Bonchev–Trinajstić information content (AvgIpc) is 2.76. The fraction of sp³-hybridized carbons (Fsp3) is 0.417. The van der Waals surface area contributed by atoms with Crippen LogP contribution in [0.5, 0.6) is 0 Å². The highest BCUT2D eigenvalue weighted by molar-refractivity contribution is 6.04. The third-order valence-corrected chi connectivity index (χ3v) is 5.44. The van der Waals surface area contributed by atoms with Gasteiger partial charge in [0.15, 0.2) is 0 Å². The molecule has 2 aromatic carbocycles. The summed E-state index contributed by atoms with van der Waals surface area (Å²) >= 11 is 0. The number of unbranched alkanes of at least 4 members (excludes halogenated alkanes) is 1. The molecule has 1 atom stereocenters. The van der Waals surface area contributed by atoms with Crippen LogP contribution in [-0.4, -0.2) is 36.3 Å². The number of hydrogen-bond acceptors (Lipinski definition) is 3. The van der Waals surface area contributed by atoms with Crippen LogP contribution in [0.25, 0.3) is 0 Å². The summed E-state index contributed by atoms with van der Waals surface area (Å²) < 4.78 is 13.1. The molecule has 2 aromatic rings. The second-order valence-corrected chi connectivity index (χ2v) is 7.85. The summed E-state index contributed by atoms with van der Waals surface area (Å²) in [6, 6.07) is 13.6. The van der Waals surface area contributed by atoms with E-state index in [1.54, 1.807) is 30.3 Å². The zero-order chi connectivity index (χ0) is 21.3. The molecule has 0 spiro atoms. The fourth-order valence-corrected chi connectivity index (χ4v) is 3.76. The number of anilines is 1. The van der Waals surface area contributed by atoms with E-state index in [1.807, 2.05) is 6.07 Å². The zero-order valence-corrected chi connectivity index (χ0v) is 17.5. The van der Waals surface area contributed by atoms with Gasteiger partial charge in [-0.1, -0.05) is 37.6 Å². The van der Waals surface area contributed by atoms with Crippen molar-refractivity contribution < 1.29 is 14.0 Å². The van der Waals surface area contributed by atoms with E-state index in [2.05, 4.69) is 22.5 Å². The number of nitrogens with zero attached hydrogens (tertiary/aromatic N) is 1. The Labute approximate surface area is 177 Å². The van der Waals surface area contributed by atoms with Crippen molar-refractivity contribution >= 4 is 17.5 Å². The first-order valence-corrected chi connectivity index (χ1v) is 10.7. The number of likely N-dealkylation sites (tertiary alicyclic amines) is 1.